The molecule has 0 saturated carbocycles. The van der Waals surface area contributed by atoms with Gasteiger partial charge in [0.05, 0.1) is 16.5 Å². The van der Waals surface area contributed by atoms with Crippen molar-refractivity contribution in [3.05, 3.63) is 61.9 Å². The molecule has 0 aliphatic carbocycles. The van der Waals surface area contributed by atoms with Crippen LogP contribution in [0.25, 0.3) is 6.08 Å². The lowest BCUT2D eigenvalue weighted by Gasteiger charge is -2.15. The largest absolute Gasteiger partial charge is 0.503 e. The number of amides is 2. The average Bonchev–Trinajstić information content (AvgIpc) is 2.91. The van der Waals surface area contributed by atoms with Crippen LogP contribution in [0.5, 0.6) is 11.5 Å². The summed E-state index contributed by atoms with van der Waals surface area (Å²) in [6, 6.07) is 9.56. The second-order valence-electron chi connectivity index (χ2n) is 5.52. The van der Waals surface area contributed by atoms with Gasteiger partial charge in [-0.15, -0.1) is 0 Å². The van der Waals surface area contributed by atoms with Crippen molar-refractivity contribution >= 4 is 73.7 Å². The Balaban J connectivity index is 1.83. The lowest BCUT2D eigenvalue weighted by molar-refractivity contribution is -0.123. The summed E-state index contributed by atoms with van der Waals surface area (Å²) in [6.07, 6.45) is 1.59. The van der Waals surface area contributed by atoms with Gasteiger partial charge in [-0.2, -0.15) is 5.01 Å². The molecule has 10 heteroatoms. The number of ether oxygens (including phenoxy) is 1. The zero-order valence-electron chi connectivity index (χ0n) is 14.2. The van der Waals surface area contributed by atoms with Gasteiger partial charge in [0.25, 0.3) is 11.8 Å². The molecule has 0 atom stereocenters. The molecule has 144 valence electrons. The first-order chi connectivity index (χ1) is 13.3. The molecule has 0 bridgehead atoms. The van der Waals surface area contributed by atoms with E-state index in [0.717, 1.165) is 16.8 Å². The number of thiocarbonyl (C=S) groups is 1. The Morgan fingerprint density at radius 3 is 2.82 bits per heavy atom. The van der Waals surface area contributed by atoms with Crippen LogP contribution in [0.15, 0.2) is 45.8 Å². The van der Waals surface area contributed by atoms with Crippen LogP contribution in [0.2, 0.25) is 5.02 Å². The van der Waals surface area contributed by atoms with Crippen molar-refractivity contribution in [3.8, 4) is 11.5 Å². The van der Waals surface area contributed by atoms with Gasteiger partial charge in [0, 0.05) is 10.6 Å². The number of nitrogens with one attached hydrogen (secondary N) is 1. The quantitative estimate of drug-likeness (QED) is 0.481. The molecule has 0 spiro atoms. The minimum Gasteiger partial charge on any atom is -0.503 e. The number of carbonyl (C=O) groups excluding carboxylic acids is 2. The van der Waals surface area contributed by atoms with Crippen LogP contribution < -0.4 is 10.2 Å². The van der Waals surface area contributed by atoms with E-state index in [0.29, 0.717) is 25.5 Å². The van der Waals surface area contributed by atoms with Gasteiger partial charge in [0.2, 0.25) is 0 Å². The molecule has 2 amide bonds. The van der Waals surface area contributed by atoms with Crippen molar-refractivity contribution in [1.29, 1.82) is 0 Å². The number of hydrogen-bond donors (Lipinski definition) is 2. The molecule has 2 aromatic carbocycles. The number of phenolic OH excluding ortho intramolecular Hbond substituents is 1. The second kappa shape index (κ2) is 8.52. The van der Waals surface area contributed by atoms with Gasteiger partial charge < -0.3 is 9.84 Å². The third kappa shape index (κ3) is 4.33. The van der Waals surface area contributed by atoms with Crippen molar-refractivity contribution in [3.63, 3.8) is 0 Å². The summed E-state index contributed by atoms with van der Waals surface area (Å²) in [6.45, 7) is 0. The second-order valence-corrected chi connectivity index (χ2v) is 8.49. The summed E-state index contributed by atoms with van der Waals surface area (Å²) in [4.78, 5) is 25.4. The minimum absolute atomic E-state index is 0.0408. The Labute approximate surface area is 183 Å². The molecule has 2 aromatic rings. The lowest BCUT2D eigenvalue weighted by atomic mass is 10.2. The predicted octanol–water partition coefficient (Wildman–Crippen LogP) is 4.36. The zero-order chi connectivity index (χ0) is 20.4. The van der Waals surface area contributed by atoms with Crippen LogP contribution >= 0.6 is 51.5 Å². The van der Waals surface area contributed by atoms with Gasteiger partial charge in [-0.25, -0.2) is 0 Å². The Kier molecular flexibility index (Phi) is 6.29. The van der Waals surface area contributed by atoms with E-state index in [4.69, 9.17) is 28.6 Å². The molecule has 28 heavy (non-hydrogen) atoms. The molecule has 1 heterocycles. The fourth-order valence-electron chi connectivity index (χ4n) is 2.34. The molecule has 3 rings (SSSR count). The Bertz CT molecular complexity index is 1030. The number of thioether (sulfide) groups is 1. The molecule has 0 aromatic heterocycles. The zero-order valence-corrected chi connectivity index (χ0v) is 18.2. The molecule has 0 radical (unpaired) electrons. The smallest absolute Gasteiger partial charge is 0.285 e. The summed E-state index contributed by atoms with van der Waals surface area (Å²) in [7, 11) is 1.43. The molecule has 6 nitrogen and oxygen atoms in total. The number of aromatic hydroxyl groups is 1. The van der Waals surface area contributed by atoms with Crippen molar-refractivity contribution in [1.82, 2.24) is 10.4 Å². The lowest BCUT2D eigenvalue weighted by Crippen LogP contribution is -2.44. The molecule has 2 N–H and O–H groups in total. The van der Waals surface area contributed by atoms with Crippen molar-refractivity contribution in [2.45, 2.75) is 0 Å². The summed E-state index contributed by atoms with van der Waals surface area (Å²) in [5, 5.41) is 11.3. The highest BCUT2D eigenvalue weighted by molar-refractivity contribution is 9.10. The molecule has 1 aliphatic heterocycles. The average molecular weight is 500 g/mol. The standard InChI is InChI=1S/C18H12BrClN2O4S2/c1-26-13-6-9(5-12(19)15(13)23)7-14-17(25)22(18(27)28-14)21-16(24)10-3-2-4-11(20)8-10/h2-8,23H,1H3,(H,21,24)/b14-7+. The highest BCUT2D eigenvalue weighted by Crippen LogP contribution is 2.37. The number of halogens is 2. The highest BCUT2D eigenvalue weighted by atomic mass is 79.9. The number of hydrazine groups is 1. The van der Waals surface area contributed by atoms with E-state index in [-0.39, 0.29) is 15.8 Å². The van der Waals surface area contributed by atoms with Crippen LogP contribution in [0, 0.1) is 0 Å². The van der Waals surface area contributed by atoms with Crippen LogP contribution in [-0.2, 0) is 4.79 Å². The molecule has 1 fully saturated rings. The summed E-state index contributed by atoms with van der Waals surface area (Å²) < 4.78 is 5.72. The Hall–Kier alpha value is -2.07. The van der Waals surface area contributed by atoms with E-state index in [1.54, 1.807) is 36.4 Å². The highest BCUT2D eigenvalue weighted by Gasteiger charge is 2.34. The van der Waals surface area contributed by atoms with Crippen LogP contribution in [-0.4, -0.2) is 33.4 Å². The van der Waals surface area contributed by atoms with Crippen LogP contribution in [0.4, 0.5) is 0 Å². The van der Waals surface area contributed by atoms with Crippen LogP contribution in [0.1, 0.15) is 15.9 Å². The number of benzene rings is 2. The van der Waals surface area contributed by atoms with E-state index >= 15 is 0 Å². The van der Waals surface area contributed by atoms with Gasteiger partial charge in [-0.05, 0) is 70.1 Å². The van der Waals surface area contributed by atoms with Gasteiger partial charge in [0.1, 0.15) is 0 Å². The van der Waals surface area contributed by atoms with Gasteiger partial charge in [-0.3, -0.25) is 15.0 Å². The number of carbonyl (C=O) groups is 2. The van der Waals surface area contributed by atoms with E-state index < -0.39 is 11.8 Å². The first-order valence-corrected chi connectivity index (χ1v) is 10.1. The predicted molar refractivity (Wildman–Crippen MR) is 116 cm³/mol. The van der Waals surface area contributed by atoms with E-state index in [1.807, 2.05) is 0 Å². The summed E-state index contributed by atoms with van der Waals surface area (Å²) >= 11 is 15.4. The fraction of sp³-hybridized carbons (Fsp3) is 0.0556. The summed E-state index contributed by atoms with van der Waals surface area (Å²) in [5.41, 5.74) is 3.41. The number of hydrogen-bond acceptors (Lipinski definition) is 6. The molecule has 1 aliphatic rings. The van der Waals surface area contributed by atoms with E-state index in [9.17, 15) is 14.7 Å². The molecular formula is C18H12BrClN2O4S2. The maximum absolute atomic E-state index is 12.7. The number of rotatable bonds is 4. The van der Waals surface area contributed by atoms with Crippen molar-refractivity contribution < 1.29 is 19.4 Å². The van der Waals surface area contributed by atoms with Gasteiger partial charge in [-0.1, -0.05) is 29.4 Å². The van der Waals surface area contributed by atoms with Crippen molar-refractivity contribution in [2.75, 3.05) is 7.11 Å². The monoisotopic (exact) mass is 498 g/mol. The molecule has 0 unspecified atom stereocenters. The molecule has 1 saturated heterocycles. The van der Waals surface area contributed by atoms with Gasteiger partial charge in [0.15, 0.2) is 15.8 Å². The first-order valence-electron chi connectivity index (χ1n) is 7.71. The topological polar surface area (TPSA) is 78.9 Å². The van der Waals surface area contributed by atoms with Crippen LogP contribution in [0.3, 0.4) is 0 Å². The Morgan fingerprint density at radius 1 is 1.39 bits per heavy atom. The van der Waals surface area contributed by atoms with E-state index in [1.165, 1.54) is 13.2 Å². The third-order valence-corrected chi connectivity index (χ3v) is 5.80. The number of methoxy groups -OCH3 is 1. The fourth-order valence-corrected chi connectivity index (χ4v) is 4.17. The number of phenols is 1. The van der Waals surface area contributed by atoms with Crippen molar-refractivity contribution in [2.24, 2.45) is 0 Å². The maximum atomic E-state index is 12.7. The Morgan fingerprint density at radius 2 is 2.14 bits per heavy atom. The normalized spacial score (nSPS) is 15.2. The molecular weight excluding hydrogens is 488 g/mol. The third-order valence-electron chi connectivity index (χ3n) is 3.66. The van der Waals surface area contributed by atoms with E-state index in [2.05, 4.69) is 21.4 Å². The first kappa shape index (κ1) is 20.7. The minimum atomic E-state index is -0.505. The van der Waals surface area contributed by atoms with Gasteiger partial charge >= 0.3 is 0 Å². The number of nitrogens with zero attached hydrogens (tertiary/aromatic N) is 1. The SMILES string of the molecule is COc1cc(/C=C2/SC(=S)N(NC(=O)c3cccc(Cl)c3)C2=O)cc(Br)c1O. The maximum Gasteiger partial charge on any atom is 0.285 e. The summed E-state index contributed by atoms with van der Waals surface area (Å²) in [5.74, 6) is -0.756.